The number of rotatable bonds is 3. The van der Waals surface area contributed by atoms with E-state index in [1.165, 1.54) is 37.8 Å². The zero-order chi connectivity index (χ0) is 19.5. The number of halogens is 1. The van der Waals surface area contributed by atoms with E-state index in [9.17, 15) is 14.0 Å². The van der Waals surface area contributed by atoms with Gasteiger partial charge in [0, 0.05) is 50.9 Å². The van der Waals surface area contributed by atoms with Crippen molar-refractivity contribution in [2.45, 2.75) is 51.0 Å². The Morgan fingerprint density at radius 3 is 2.21 bits per heavy atom. The van der Waals surface area contributed by atoms with Crippen LogP contribution in [-0.2, 0) is 9.59 Å². The van der Waals surface area contributed by atoms with Crippen molar-refractivity contribution in [1.82, 2.24) is 9.80 Å². The highest BCUT2D eigenvalue weighted by Gasteiger charge is 2.39. The van der Waals surface area contributed by atoms with E-state index < -0.39 is 0 Å². The van der Waals surface area contributed by atoms with Crippen LogP contribution in [0.1, 0.15) is 44.9 Å². The van der Waals surface area contributed by atoms with Crippen LogP contribution in [-0.4, -0.2) is 60.4 Å². The average Bonchev–Trinajstić information content (AvgIpc) is 2.92. The summed E-state index contributed by atoms with van der Waals surface area (Å²) in [5.41, 5.74) is 0.990. The van der Waals surface area contributed by atoms with Crippen molar-refractivity contribution in [2.75, 3.05) is 37.6 Å². The van der Waals surface area contributed by atoms with Crippen LogP contribution < -0.4 is 4.90 Å². The third kappa shape index (κ3) is 4.15. The van der Waals surface area contributed by atoms with Gasteiger partial charge in [0.15, 0.2) is 0 Å². The number of nitrogens with zero attached hydrogens (tertiary/aromatic N) is 3. The van der Waals surface area contributed by atoms with Crippen molar-refractivity contribution < 1.29 is 14.0 Å². The van der Waals surface area contributed by atoms with Gasteiger partial charge in [0.25, 0.3) is 0 Å². The van der Waals surface area contributed by atoms with Crippen LogP contribution >= 0.6 is 0 Å². The van der Waals surface area contributed by atoms with Crippen molar-refractivity contribution in [1.29, 1.82) is 0 Å². The van der Waals surface area contributed by atoms with Gasteiger partial charge in [0.1, 0.15) is 5.82 Å². The Bertz CT molecular complexity index is 692. The summed E-state index contributed by atoms with van der Waals surface area (Å²) in [6, 6.07) is 6.85. The van der Waals surface area contributed by atoms with Gasteiger partial charge >= 0.3 is 0 Å². The quantitative estimate of drug-likeness (QED) is 0.749. The van der Waals surface area contributed by atoms with Crippen LogP contribution in [0.2, 0.25) is 0 Å². The fourth-order valence-electron chi connectivity index (χ4n) is 4.91. The van der Waals surface area contributed by atoms with Gasteiger partial charge in [-0.15, -0.1) is 0 Å². The van der Waals surface area contributed by atoms with E-state index in [4.69, 9.17) is 0 Å². The molecule has 1 saturated carbocycles. The van der Waals surface area contributed by atoms with Gasteiger partial charge in [-0.2, -0.15) is 0 Å². The fourth-order valence-corrected chi connectivity index (χ4v) is 4.91. The van der Waals surface area contributed by atoms with E-state index in [2.05, 4.69) is 4.90 Å². The predicted octanol–water partition coefficient (Wildman–Crippen LogP) is 3.05. The fraction of sp³-hybridized carbons (Fsp3) is 0.636. The molecule has 1 atom stereocenters. The van der Waals surface area contributed by atoms with Crippen LogP contribution in [0.25, 0.3) is 0 Å². The third-order valence-electron chi connectivity index (χ3n) is 6.56. The number of benzene rings is 1. The molecule has 0 aromatic heterocycles. The molecular formula is C22H30FN3O2. The number of carbonyl (C=O) groups excluding carboxylic acids is 2. The molecule has 3 fully saturated rings. The summed E-state index contributed by atoms with van der Waals surface area (Å²) in [5.74, 6) is -0.131. The molecule has 2 aliphatic heterocycles. The molecule has 0 bridgehead atoms. The molecule has 0 N–H and O–H groups in total. The molecule has 1 aromatic carbocycles. The number of likely N-dealkylation sites (tertiary alicyclic amines) is 1. The topological polar surface area (TPSA) is 43.9 Å². The summed E-state index contributed by atoms with van der Waals surface area (Å²) in [4.78, 5) is 31.7. The van der Waals surface area contributed by atoms with Crippen LogP contribution in [0, 0.1) is 11.7 Å². The number of hydrogen-bond donors (Lipinski definition) is 0. The number of hydrogen-bond acceptors (Lipinski definition) is 3. The van der Waals surface area contributed by atoms with Gasteiger partial charge in [-0.05, 0) is 37.1 Å². The zero-order valence-corrected chi connectivity index (χ0v) is 16.5. The highest BCUT2D eigenvalue weighted by Crippen LogP contribution is 2.29. The normalized spacial score (nSPS) is 24.5. The molecule has 1 aromatic rings. The van der Waals surface area contributed by atoms with Gasteiger partial charge < -0.3 is 14.7 Å². The summed E-state index contributed by atoms with van der Waals surface area (Å²) >= 11 is 0. The van der Waals surface area contributed by atoms with Gasteiger partial charge in [-0.1, -0.05) is 25.7 Å². The summed E-state index contributed by atoms with van der Waals surface area (Å²) < 4.78 is 13.1. The lowest BCUT2D eigenvalue weighted by atomic mass is 10.1. The Labute approximate surface area is 166 Å². The number of piperazine rings is 1. The number of carbonyl (C=O) groups is 2. The molecule has 2 saturated heterocycles. The van der Waals surface area contributed by atoms with Crippen LogP contribution in [0.15, 0.2) is 24.3 Å². The van der Waals surface area contributed by atoms with Crippen molar-refractivity contribution in [3.8, 4) is 0 Å². The maximum absolute atomic E-state index is 13.1. The van der Waals surface area contributed by atoms with E-state index in [1.54, 1.807) is 12.1 Å². The molecular weight excluding hydrogens is 357 g/mol. The Morgan fingerprint density at radius 2 is 1.57 bits per heavy atom. The first kappa shape index (κ1) is 19.2. The van der Waals surface area contributed by atoms with Gasteiger partial charge in [-0.25, -0.2) is 4.39 Å². The van der Waals surface area contributed by atoms with Gasteiger partial charge in [0.05, 0.1) is 5.92 Å². The molecule has 1 aliphatic carbocycles. The van der Waals surface area contributed by atoms with Crippen molar-refractivity contribution >= 4 is 17.5 Å². The summed E-state index contributed by atoms with van der Waals surface area (Å²) in [6.07, 6.45) is 7.45. The Hall–Kier alpha value is -2.11. The first-order valence-corrected chi connectivity index (χ1v) is 10.7. The van der Waals surface area contributed by atoms with E-state index in [0.717, 1.165) is 31.6 Å². The molecule has 6 heteroatoms. The standard InChI is InChI=1S/C22H30FN3O2/c23-18-7-9-19(10-8-18)24-11-13-25(14-12-24)22(28)17-15-21(27)26(16-17)20-5-3-1-2-4-6-20/h7-10,17,20H,1-6,11-16H2. The van der Waals surface area contributed by atoms with E-state index in [1.807, 2.05) is 9.80 Å². The van der Waals surface area contributed by atoms with Crippen LogP contribution in [0.5, 0.6) is 0 Å². The Kier molecular flexibility index (Phi) is 5.83. The molecule has 4 rings (SSSR count). The third-order valence-corrected chi connectivity index (χ3v) is 6.56. The summed E-state index contributed by atoms with van der Waals surface area (Å²) in [5, 5.41) is 0. The highest BCUT2D eigenvalue weighted by molar-refractivity contribution is 5.89. The van der Waals surface area contributed by atoms with E-state index in [-0.39, 0.29) is 23.5 Å². The van der Waals surface area contributed by atoms with Crippen LogP contribution in [0.3, 0.4) is 0 Å². The predicted molar refractivity (Wildman–Crippen MR) is 107 cm³/mol. The molecule has 2 heterocycles. The van der Waals surface area contributed by atoms with E-state index >= 15 is 0 Å². The maximum atomic E-state index is 13.1. The SMILES string of the molecule is O=C(C1CC(=O)N(C2CCCCCC2)C1)N1CCN(c2ccc(F)cc2)CC1. The lowest BCUT2D eigenvalue weighted by Gasteiger charge is -2.37. The largest absolute Gasteiger partial charge is 0.368 e. The monoisotopic (exact) mass is 387 g/mol. The van der Waals surface area contributed by atoms with Crippen molar-refractivity contribution in [2.24, 2.45) is 5.92 Å². The molecule has 0 spiro atoms. The molecule has 152 valence electrons. The second kappa shape index (κ2) is 8.50. The minimum Gasteiger partial charge on any atom is -0.368 e. The minimum atomic E-state index is -0.235. The van der Waals surface area contributed by atoms with Gasteiger partial charge in [0.2, 0.25) is 11.8 Å². The smallest absolute Gasteiger partial charge is 0.228 e. The second-order valence-corrected chi connectivity index (χ2v) is 8.38. The number of anilines is 1. The van der Waals surface area contributed by atoms with Gasteiger partial charge in [-0.3, -0.25) is 9.59 Å². The summed E-state index contributed by atoms with van der Waals surface area (Å²) in [7, 11) is 0. The molecule has 0 radical (unpaired) electrons. The lowest BCUT2D eigenvalue weighted by Crippen LogP contribution is -2.50. The molecule has 1 unspecified atom stereocenters. The molecule has 28 heavy (non-hydrogen) atoms. The minimum absolute atomic E-state index is 0.128. The van der Waals surface area contributed by atoms with E-state index in [0.29, 0.717) is 32.1 Å². The molecule has 3 aliphatic rings. The summed E-state index contributed by atoms with van der Waals surface area (Å²) in [6.45, 7) is 3.39. The second-order valence-electron chi connectivity index (χ2n) is 8.38. The lowest BCUT2D eigenvalue weighted by molar-refractivity contribution is -0.136. The Morgan fingerprint density at radius 1 is 0.929 bits per heavy atom. The maximum Gasteiger partial charge on any atom is 0.228 e. The Balaban J connectivity index is 1.31. The first-order valence-electron chi connectivity index (χ1n) is 10.7. The number of amides is 2. The zero-order valence-electron chi connectivity index (χ0n) is 16.5. The molecule has 5 nitrogen and oxygen atoms in total. The van der Waals surface area contributed by atoms with Crippen molar-refractivity contribution in [3.63, 3.8) is 0 Å². The highest BCUT2D eigenvalue weighted by atomic mass is 19.1. The molecule has 2 amide bonds. The van der Waals surface area contributed by atoms with Crippen LogP contribution in [0.4, 0.5) is 10.1 Å². The average molecular weight is 387 g/mol. The first-order chi connectivity index (χ1) is 13.6. The van der Waals surface area contributed by atoms with Crippen molar-refractivity contribution in [3.05, 3.63) is 30.1 Å².